The molecule has 2 rings (SSSR count). The zero-order chi connectivity index (χ0) is 15.5. The summed E-state index contributed by atoms with van der Waals surface area (Å²) in [7, 11) is 4.14. The van der Waals surface area contributed by atoms with Crippen LogP contribution in [0.1, 0.15) is 44.2 Å². The van der Waals surface area contributed by atoms with Crippen LogP contribution in [0.25, 0.3) is 0 Å². The maximum Gasteiger partial charge on any atom is 0.122 e. The summed E-state index contributed by atoms with van der Waals surface area (Å²) in [5, 5.41) is 10.7. The number of fused-ring (bicyclic) bond motifs is 1. The van der Waals surface area contributed by atoms with E-state index < -0.39 is 0 Å². The monoisotopic (exact) mass is 291 g/mol. The van der Waals surface area contributed by atoms with E-state index in [1.807, 2.05) is 0 Å². The Morgan fingerprint density at radius 2 is 2.00 bits per heavy atom. The topological polar surface area (TPSA) is 32.7 Å². The molecule has 3 nitrogen and oxygen atoms in total. The highest BCUT2D eigenvalue weighted by atomic mass is 16.5. The molecule has 1 unspecified atom stereocenters. The molecular weight excluding hydrogens is 262 g/mol. The van der Waals surface area contributed by atoms with E-state index in [0.717, 1.165) is 44.5 Å². The Labute approximate surface area is 128 Å². The van der Waals surface area contributed by atoms with Crippen LogP contribution in [-0.2, 0) is 12.8 Å². The first-order valence-electron chi connectivity index (χ1n) is 8.13. The Morgan fingerprint density at radius 1 is 1.29 bits per heavy atom. The molecule has 1 aliphatic rings. The Balaban J connectivity index is 2.01. The summed E-state index contributed by atoms with van der Waals surface area (Å²) >= 11 is 0. The van der Waals surface area contributed by atoms with E-state index in [4.69, 9.17) is 4.74 Å². The second kappa shape index (κ2) is 6.80. The molecule has 1 aliphatic heterocycles. The van der Waals surface area contributed by atoms with Gasteiger partial charge in [-0.1, -0.05) is 26.0 Å². The van der Waals surface area contributed by atoms with Gasteiger partial charge in [0.2, 0.25) is 0 Å². The third-order valence-corrected chi connectivity index (χ3v) is 5.20. The second-order valence-electron chi connectivity index (χ2n) is 6.30. The van der Waals surface area contributed by atoms with Gasteiger partial charge >= 0.3 is 0 Å². The summed E-state index contributed by atoms with van der Waals surface area (Å²) in [4.78, 5) is 2.19. The SMILES string of the molecule is CCC(CC)(C(O)CCc1ccc2c(c1)CCO2)N(C)C. The fraction of sp³-hybridized carbons (Fsp3) is 0.667. The van der Waals surface area contributed by atoms with Crippen molar-refractivity contribution >= 4 is 0 Å². The molecule has 0 saturated heterocycles. The lowest BCUT2D eigenvalue weighted by atomic mass is 9.82. The minimum Gasteiger partial charge on any atom is -0.493 e. The summed E-state index contributed by atoms with van der Waals surface area (Å²) in [5.41, 5.74) is 2.50. The third-order valence-electron chi connectivity index (χ3n) is 5.20. The third kappa shape index (κ3) is 3.24. The van der Waals surface area contributed by atoms with Gasteiger partial charge in [0.15, 0.2) is 0 Å². The van der Waals surface area contributed by atoms with Crippen LogP contribution in [0, 0.1) is 0 Å². The normalized spacial score (nSPS) is 15.9. The van der Waals surface area contributed by atoms with Crippen LogP contribution in [-0.4, -0.2) is 42.4 Å². The van der Waals surface area contributed by atoms with E-state index >= 15 is 0 Å². The van der Waals surface area contributed by atoms with Crippen molar-refractivity contribution in [2.45, 2.75) is 57.6 Å². The Kier molecular flexibility index (Phi) is 5.28. The molecule has 1 N–H and O–H groups in total. The van der Waals surface area contributed by atoms with Gasteiger partial charge in [-0.25, -0.2) is 0 Å². The molecular formula is C18H29NO2. The number of aliphatic hydroxyl groups is 1. The predicted octanol–water partition coefficient (Wildman–Crippen LogP) is 3.04. The molecule has 21 heavy (non-hydrogen) atoms. The molecule has 1 aromatic rings. The van der Waals surface area contributed by atoms with Gasteiger partial charge in [0.25, 0.3) is 0 Å². The first-order chi connectivity index (χ1) is 10.0. The minimum absolute atomic E-state index is 0.111. The van der Waals surface area contributed by atoms with Crippen molar-refractivity contribution in [3.8, 4) is 5.75 Å². The van der Waals surface area contributed by atoms with Gasteiger partial charge in [0, 0.05) is 12.0 Å². The molecule has 1 aromatic carbocycles. The molecule has 1 heterocycles. The first kappa shape index (κ1) is 16.3. The Morgan fingerprint density at radius 3 is 2.62 bits per heavy atom. The van der Waals surface area contributed by atoms with E-state index in [9.17, 15) is 5.11 Å². The standard InChI is InChI=1S/C18H29NO2/c1-5-18(6-2,19(3)4)17(20)10-8-14-7-9-16-15(13-14)11-12-21-16/h7,9,13,17,20H,5-6,8,10-12H2,1-4H3. The Hall–Kier alpha value is -1.06. The van der Waals surface area contributed by atoms with Crippen LogP contribution in [0.3, 0.4) is 0 Å². The summed E-state index contributed by atoms with van der Waals surface area (Å²) in [6.07, 6.45) is 4.37. The largest absolute Gasteiger partial charge is 0.493 e. The molecule has 0 aliphatic carbocycles. The van der Waals surface area contributed by atoms with Crippen molar-refractivity contribution in [2.75, 3.05) is 20.7 Å². The van der Waals surface area contributed by atoms with Crippen LogP contribution in [0.5, 0.6) is 5.75 Å². The molecule has 0 spiro atoms. The zero-order valence-corrected chi connectivity index (χ0v) is 13.9. The van der Waals surface area contributed by atoms with Crippen LogP contribution < -0.4 is 4.74 Å². The van der Waals surface area contributed by atoms with Gasteiger partial charge in [-0.15, -0.1) is 0 Å². The molecule has 118 valence electrons. The fourth-order valence-corrected chi connectivity index (χ4v) is 3.62. The van der Waals surface area contributed by atoms with Gasteiger partial charge in [0.05, 0.1) is 12.7 Å². The minimum atomic E-state index is -0.299. The number of aryl methyl sites for hydroxylation is 1. The fourth-order valence-electron chi connectivity index (χ4n) is 3.62. The second-order valence-corrected chi connectivity index (χ2v) is 6.30. The maximum atomic E-state index is 10.7. The summed E-state index contributed by atoms with van der Waals surface area (Å²) in [6, 6.07) is 6.44. The quantitative estimate of drug-likeness (QED) is 0.838. The van der Waals surface area contributed by atoms with Crippen molar-refractivity contribution in [3.63, 3.8) is 0 Å². The molecule has 1 atom stereocenters. The highest BCUT2D eigenvalue weighted by Gasteiger charge is 2.36. The summed E-state index contributed by atoms with van der Waals surface area (Å²) < 4.78 is 5.54. The highest BCUT2D eigenvalue weighted by Crippen LogP contribution is 2.30. The van der Waals surface area contributed by atoms with Crippen molar-refractivity contribution < 1.29 is 9.84 Å². The van der Waals surface area contributed by atoms with Gasteiger partial charge in [0.1, 0.15) is 5.75 Å². The van der Waals surface area contributed by atoms with Gasteiger partial charge in [-0.3, -0.25) is 0 Å². The van der Waals surface area contributed by atoms with Gasteiger partial charge in [-0.2, -0.15) is 0 Å². The van der Waals surface area contributed by atoms with Crippen LogP contribution in [0.2, 0.25) is 0 Å². The van der Waals surface area contributed by atoms with Crippen molar-refractivity contribution in [1.82, 2.24) is 4.90 Å². The Bertz CT molecular complexity index is 466. The highest BCUT2D eigenvalue weighted by molar-refractivity contribution is 5.39. The first-order valence-corrected chi connectivity index (χ1v) is 8.13. The van der Waals surface area contributed by atoms with E-state index in [-0.39, 0.29) is 11.6 Å². The molecule has 0 fully saturated rings. The number of ether oxygens (including phenoxy) is 1. The number of hydrogen-bond acceptors (Lipinski definition) is 3. The van der Waals surface area contributed by atoms with E-state index in [2.05, 4.69) is 51.0 Å². The molecule has 0 bridgehead atoms. The van der Waals surface area contributed by atoms with E-state index in [0.29, 0.717) is 0 Å². The number of hydrogen-bond donors (Lipinski definition) is 1. The summed E-state index contributed by atoms with van der Waals surface area (Å²) in [6.45, 7) is 5.13. The van der Waals surface area contributed by atoms with Crippen LogP contribution >= 0.6 is 0 Å². The molecule has 0 saturated carbocycles. The van der Waals surface area contributed by atoms with E-state index in [1.165, 1.54) is 11.1 Å². The zero-order valence-electron chi connectivity index (χ0n) is 13.9. The molecule has 3 heteroatoms. The van der Waals surface area contributed by atoms with Crippen molar-refractivity contribution in [3.05, 3.63) is 29.3 Å². The number of rotatable bonds is 7. The van der Waals surface area contributed by atoms with Gasteiger partial charge in [-0.05, 0) is 57.0 Å². The smallest absolute Gasteiger partial charge is 0.122 e. The molecule has 0 amide bonds. The van der Waals surface area contributed by atoms with Crippen molar-refractivity contribution in [2.24, 2.45) is 0 Å². The van der Waals surface area contributed by atoms with Crippen LogP contribution in [0.15, 0.2) is 18.2 Å². The predicted molar refractivity (Wildman–Crippen MR) is 87.0 cm³/mol. The number of benzene rings is 1. The lowest BCUT2D eigenvalue weighted by Crippen LogP contribution is -2.52. The average molecular weight is 291 g/mol. The average Bonchev–Trinajstić information content (AvgIpc) is 2.94. The van der Waals surface area contributed by atoms with Gasteiger partial charge < -0.3 is 14.7 Å². The number of aliphatic hydroxyl groups excluding tert-OH is 1. The van der Waals surface area contributed by atoms with Crippen LogP contribution in [0.4, 0.5) is 0 Å². The lowest BCUT2D eigenvalue weighted by molar-refractivity contribution is -0.0173. The number of nitrogens with zero attached hydrogens (tertiary/aromatic N) is 1. The maximum absolute atomic E-state index is 10.7. The van der Waals surface area contributed by atoms with Crippen molar-refractivity contribution in [1.29, 1.82) is 0 Å². The number of likely N-dealkylation sites (N-methyl/N-ethyl adjacent to an activating group) is 1. The molecule has 0 aromatic heterocycles. The van der Waals surface area contributed by atoms with E-state index in [1.54, 1.807) is 0 Å². The lowest BCUT2D eigenvalue weighted by Gasteiger charge is -2.42. The molecule has 0 radical (unpaired) electrons. The summed E-state index contributed by atoms with van der Waals surface area (Å²) in [5.74, 6) is 1.03.